The predicted octanol–water partition coefficient (Wildman–Crippen LogP) is 2.53. The highest BCUT2D eigenvalue weighted by molar-refractivity contribution is 8.00. The summed E-state index contributed by atoms with van der Waals surface area (Å²) in [6, 6.07) is 0. The molecule has 0 aromatic rings. The van der Waals surface area contributed by atoms with Crippen molar-refractivity contribution in [3.8, 4) is 0 Å². The SMILES string of the molecule is CC(C)CCCCCCNC(=O)CSCC(=O)O. The number of rotatable bonds is 11. The molecule has 0 saturated heterocycles. The van der Waals surface area contributed by atoms with E-state index in [1.54, 1.807) is 0 Å². The molecule has 0 saturated carbocycles. The lowest BCUT2D eigenvalue weighted by molar-refractivity contribution is -0.133. The maximum atomic E-state index is 11.3. The van der Waals surface area contributed by atoms with Crippen LogP contribution in [0.1, 0.15) is 46.0 Å². The number of thioether (sulfide) groups is 1. The Hall–Kier alpha value is -0.710. The van der Waals surface area contributed by atoms with Crippen LogP contribution < -0.4 is 5.32 Å². The van der Waals surface area contributed by atoms with Crippen LogP contribution in [-0.2, 0) is 9.59 Å². The van der Waals surface area contributed by atoms with Gasteiger partial charge in [0.05, 0.1) is 11.5 Å². The Balaban J connectivity index is 3.22. The number of carboxylic acid groups (broad SMARTS) is 1. The van der Waals surface area contributed by atoms with Crippen molar-refractivity contribution in [2.75, 3.05) is 18.1 Å². The molecule has 0 aliphatic heterocycles. The quantitative estimate of drug-likeness (QED) is 0.569. The molecule has 0 heterocycles. The van der Waals surface area contributed by atoms with Gasteiger partial charge in [-0.05, 0) is 12.3 Å². The first-order chi connectivity index (χ1) is 8.52. The molecular weight excluding hydrogens is 250 g/mol. The van der Waals surface area contributed by atoms with E-state index < -0.39 is 5.97 Å². The summed E-state index contributed by atoms with van der Waals surface area (Å²) in [4.78, 5) is 21.5. The van der Waals surface area contributed by atoms with Crippen molar-refractivity contribution in [2.24, 2.45) is 5.92 Å². The fourth-order valence-corrected chi connectivity index (χ4v) is 2.11. The van der Waals surface area contributed by atoms with Crippen molar-refractivity contribution in [3.63, 3.8) is 0 Å². The van der Waals surface area contributed by atoms with E-state index in [0.717, 1.165) is 30.5 Å². The van der Waals surface area contributed by atoms with Crippen LogP contribution >= 0.6 is 11.8 Å². The summed E-state index contributed by atoms with van der Waals surface area (Å²) in [6.45, 7) is 5.16. The van der Waals surface area contributed by atoms with Gasteiger partial charge in [0, 0.05) is 6.54 Å². The van der Waals surface area contributed by atoms with Crippen LogP contribution in [0.2, 0.25) is 0 Å². The minimum absolute atomic E-state index is 0.0113. The molecule has 0 aromatic carbocycles. The van der Waals surface area contributed by atoms with E-state index in [4.69, 9.17) is 5.11 Å². The van der Waals surface area contributed by atoms with E-state index >= 15 is 0 Å². The monoisotopic (exact) mass is 275 g/mol. The van der Waals surface area contributed by atoms with Crippen molar-refractivity contribution >= 4 is 23.6 Å². The maximum Gasteiger partial charge on any atom is 0.313 e. The van der Waals surface area contributed by atoms with Gasteiger partial charge in [0.1, 0.15) is 0 Å². The van der Waals surface area contributed by atoms with Gasteiger partial charge >= 0.3 is 5.97 Å². The van der Waals surface area contributed by atoms with Crippen LogP contribution in [0.25, 0.3) is 0 Å². The van der Waals surface area contributed by atoms with Gasteiger partial charge in [-0.25, -0.2) is 0 Å². The van der Waals surface area contributed by atoms with Crippen LogP contribution in [0, 0.1) is 5.92 Å². The summed E-state index contributed by atoms with van der Waals surface area (Å²) in [6.07, 6.45) is 5.92. The number of carbonyl (C=O) groups excluding carboxylic acids is 1. The largest absolute Gasteiger partial charge is 0.481 e. The molecule has 5 heteroatoms. The van der Waals surface area contributed by atoms with Gasteiger partial charge in [-0.2, -0.15) is 0 Å². The lowest BCUT2D eigenvalue weighted by Gasteiger charge is -2.06. The second-order valence-electron chi connectivity index (χ2n) is 4.83. The zero-order valence-corrected chi connectivity index (χ0v) is 12.2. The van der Waals surface area contributed by atoms with E-state index in [9.17, 15) is 9.59 Å². The predicted molar refractivity (Wildman–Crippen MR) is 75.9 cm³/mol. The molecule has 106 valence electrons. The number of unbranched alkanes of at least 4 members (excludes halogenated alkanes) is 3. The minimum Gasteiger partial charge on any atom is -0.481 e. The molecule has 0 radical (unpaired) electrons. The highest BCUT2D eigenvalue weighted by Crippen LogP contribution is 2.08. The summed E-state index contributed by atoms with van der Waals surface area (Å²) in [5.74, 6) is 0.0554. The third-order valence-corrected chi connectivity index (χ3v) is 3.41. The topological polar surface area (TPSA) is 66.4 Å². The molecule has 0 unspecified atom stereocenters. The van der Waals surface area contributed by atoms with Crippen LogP contribution in [0.3, 0.4) is 0 Å². The van der Waals surface area contributed by atoms with Crippen LogP contribution in [-0.4, -0.2) is 35.0 Å². The first-order valence-corrected chi connectivity index (χ1v) is 7.74. The Morgan fingerprint density at radius 2 is 1.78 bits per heavy atom. The number of hydrogen-bond donors (Lipinski definition) is 2. The number of amides is 1. The summed E-state index contributed by atoms with van der Waals surface area (Å²) in [5.41, 5.74) is 0. The Morgan fingerprint density at radius 1 is 1.11 bits per heavy atom. The lowest BCUT2D eigenvalue weighted by atomic mass is 10.0. The third-order valence-electron chi connectivity index (χ3n) is 2.49. The van der Waals surface area contributed by atoms with E-state index in [1.807, 2.05) is 0 Å². The standard InChI is InChI=1S/C13H25NO3S/c1-11(2)7-5-3-4-6-8-14-12(15)9-18-10-13(16)17/h11H,3-10H2,1-2H3,(H,14,15)(H,16,17). The van der Waals surface area contributed by atoms with Crippen molar-refractivity contribution in [1.29, 1.82) is 0 Å². The normalized spacial score (nSPS) is 10.6. The van der Waals surface area contributed by atoms with Gasteiger partial charge in [0.15, 0.2) is 0 Å². The molecule has 0 rings (SSSR count). The zero-order chi connectivity index (χ0) is 13.8. The highest BCUT2D eigenvalue weighted by atomic mass is 32.2. The number of aliphatic carboxylic acids is 1. The fraction of sp³-hybridized carbons (Fsp3) is 0.846. The van der Waals surface area contributed by atoms with Gasteiger partial charge < -0.3 is 10.4 Å². The molecule has 0 atom stereocenters. The summed E-state index contributed by atoms with van der Waals surface area (Å²) in [5, 5.41) is 11.2. The molecule has 18 heavy (non-hydrogen) atoms. The third kappa shape index (κ3) is 13.4. The van der Waals surface area contributed by atoms with Gasteiger partial charge in [-0.3, -0.25) is 9.59 Å². The van der Waals surface area contributed by atoms with Gasteiger partial charge in [0.25, 0.3) is 0 Å². The van der Waals surface area contributed by atoms with Crippen molar-refractivity contribution in [2.45, 2.75) is 46.0 Å². The average molecular weight is 275 g/mol. The second-order valence-corrected chi connectivity index (χ2v) is 5.82. The minimum atomic E-state index is -0.877. The summed E-state index contributed by atoms with van der Waals surface area (Å²) < 4.78 is 0. The van der Waals surface area contributed by atoms with Crippen LogP contribution in [0.5, 0.6) is 0 Å². The van der Waals surface area contributed by atoms with E-state index in [-0.39, 0.29) is 17.4 Å². The van der Waals surface area contributed by atoms with E-state index in [1.165, 1.54) is 19.3 Å². The molecule has 0 aliphatic carbocycles. The van der Waals surface area contributed by atoms with E-state index in [2.05, 4.69) is 19.2 Å². The van der Waals surface area contributed by atoms with E-state index in [0.29, 0.717) is 6.54 Å². The average Bonchev–Trinajstić information content (AvgIpc) is 2.26. The number of nitrogens with one attached hydrogen (secondary N) is 1. The highest BCUT2D eigenvalue weighted by Gasteiger charge is 2.03. The molecule has 2 N–H and O–H groups in total. The van der Waals surface area contributed by atoms with Gasteiger partial charge in [-0.15, -0.1) is 11.8 Å². The molecule has 0 aliphatic rings. The fourth-order valence-electron chi connectivity index (χ4n) is 1.54. The molecule has 0 bridgehead atoms. The zero-order valence-electron chi connectivity index (χ0n) is 11.4. The maximum absolute atomic E-state index is 11.3. The lowest BCUT2D eigenvalue weighted by Crippen LogP contribution is -2.26. The number of hydrogen-bond acceptors (Lipinski definition) is 3. The molecule has 0 spiro atoms. The van der Waals surface area contributed by atoms with Crippen LogP contribution in [0.4, 0.5) is 0 Å². The summed E-state index contributed by atoms with van der Waals surface area (Å²) >= 11 is 1.13. The first-order valence-electron chi connectivity index (χ1n) is 6.58. The van der Waals surface area contributed by atoms with Gasteiger partial charge in [0.2, 0.25) is 5.91 Å². The number of carboxylic acids is 1. The molecule has 1 amide bonds. The Morgan fingerprint density at radius 3 is 2.39 bits per heavy atom. The Labute approximate surface area is 114 Å². The molecular formula is C13H25NO3S. The van der Waals surface area contributed by atoms with Gasteiger partial charge in [-0.1, -0.05) is 39.5 Å². The van der Waals surface area contributed by atoms with Crippen LogP contribution in [0.15, 0.2) is 0 Å². The number of carbonyl (C=O) groups is 2. The van der Waals surface area contributed by atoms with Crippen molar-refractivity contribution in [1.82, 2.24) is 5.32 Å². The summed E-state index contributed by atoms with van der Waals surface area (Å²) in [7, 11) is 0. The molecule has 4 nitrogen and oxygen atoms in total. The Bertz CT molecular complexity index is 244. The van der Waals surface area contributed by atoms with Crippen molar-refractivity contribution in [3.05, 3.63) is 0 Å². The molecule has 0 fully saturated rings. The van der Waals surface area contributed by atoms with Crippen molar-refractivity contribution < 1.29 is 14.7 Å². The molecule has 0 aromatic heterocycles. The smallest absolute Gasteiger partial charge is 0.313 e. The second kappa shape index (κ2) is 11.4. The Kier molecular flexibility index (Phi) is 10.9. The first kappa shape index (κ1) is 17.3.